The fraction of sp³-hybridized carbons (Fsp3) is 0.545. The first-order valence-electron chi connectivity index (χ1n) is 15.5. The highest BCUT2D eigenvalue weighted by Crippen LogP contribution is 2.49. The predicted molar refractivity (Wildman–Crippen MR) is 158 cm³/mol. The molecule has 1 atom stereocenters. The molecule has 1 aliphatic carbocycles. The standard InChI is InChI=1S/C33H40F2N4O4/c1-43-24-3-5-27(34)26(17-24)32(42)36-23-18-33(19-23)10-14-38(15-11-33)20-21-8-12-39(13-9-21)29-6-2-22(16-28(29)35)25-4-7-30(40)37-31(25)41/h2-3,5-6,16-17,21,23,25H,4,7-15,18-20H2,1H3,(H,36,42)(H,37,40,41). The first kappa shape index (κ1) is 29.5. The minimum absolute atomic E-state index is 0.0214. The van der Waals surface area contributed by atoms with Gasteiger partial charge in [0.15, 0.2) is 0 Å². The number of amides is 3. The SMILES string of the molecule is COc1ccc(F)c(C(=O)NC2CC3(CCN(CC4CCN(c5ccc(C6CCC(=O)NC6=O)cc5F)CC4)CC3)C2)c1. The summed E-state index contributed by atoms with van der Waals surface area (Å²) in [6, 6.07) is 9.34. The zero-order valence-electron chi connectivity index (χ0n) is 24.7. The van der Waals surface area contributed by atoms with Gasteiger partial charge in [0.1, 0.15) is 17.4 Å². The number of carbonyl (C=O) groups is 3. The van der Waals surface area contributed by atoms with E-state index in [1.165, 1.54) is 31.4 Å². The number of imide groups is 1. The molecule has 1 unspecified atom stereocenters. The zero-order valence-corrected chi connectivity index (χ0v) is 24.7. The monoisotopic (exact) mass is 594 g/mol. The minimum Gasteiger partial charge on any atom is -0.497 e. The molecule has 6 rings (SSSR count). The van der Waals surface area contributed by atoms with E-state index in [0.717, 1.165) is 71.2 Å². The van der Waals surface area contributed by atoms with Crippen molar-refractivity contribution in [1.82, 2.24) is 15.5 Å². The van der Waals surface area contributed by atoms with Crippen LogP contribution in [0.2, 0.25) is 0 Å². The normalized spacial score (nSPS) is 23.1. The molecule has 2 aromatic carbocycles. The molecule has 2 N–H and O–H groups in total. The molecule has 1 saturated carbocycles. The summed E-state index contributed by atoms with van der Waals surface area (Å²) in [6.07, 6.45) is 6.78. The molecule has 3 aliphatic heterocycles. The van der Waals surface area contributed by atoms with Gasteiger partial charge in [0, 0.05) is 32.1 Å². The first-order valence-corrected chi connectivity index (χ1v) is 15.5. The highest BCUT2D eigenvalue weighted by Gasteiger charge is 2.46. The van der Waals surface area contributed by atoms with Gasteiger partial charge in [0.25, 0.3) is 5.91 Å². The molecule has 3 amide bonds. The minimum atomic E-state index is -0.542. The van der Waals surface area contributed by atoms with Gasteiger partial charge < -0.3 is 19.9 Å². The number of nitrogens with zero attached hydrogens (tertiary/aromatic N) is 2. The molecule has 3 saturated heterocycles. The first-order chi connectivity index (χ1) is 20.7. The second-order valence-corrected chi connectivity index (χ2v) is 12.9. The number of anilines is 1. The summed E-state index contributed by atoms with van der Waals surface area (Å²) in [6.45, 7) is 4.73. The van der Waals surface area contributed by atoms with Gasteiger partial charge in [-0.05, 0) is 105 Å². The number of carbonyl (C=O) groups excluding carboxylic acids is 3. The second kappa shape index (κ2) is 12.2. The van der Waals surface area contributed by atoms with Crippen LogP contribution in [0.1, 0.15) is 73.2 Å². The van der Waals surface area contributed by atoms with E-state index in [-0.39, 0.29) is 47.0 Å². The summed E-state index contributed by atoms with van der Waals surface area (Å²) in [5.74, 6) is -1.31. The Bertz CT molecular complexity index is 1380. The van der Waals surface area contributed by atoms with Gasteiger partial charge in [0.2, 0.25) is 11.8 Å². The summed E-state index contributed by atoms with van der Waals surface area (Å²) in [7, 11) is 1.49. The maximum absolute atomic E-state index is 15.1. The van der Waals surface area contributed by atoms with Gasteiger partial charge in [0.05, 0.1) is 24.3 Å². The van der Waals surface area contributed by atoms with E-state index in [9.17, 15) is 18.8 Å². The lowest BCUT2D eigenvalue weighted by atomic mass is 9.60. The fourth-order valence-corrected chi connectivity index (χ4v) is 7.50. The van der Waals surface area contributed by atoms with Crippen LogP contribution >= 0.6 is 0 Å². The number of hydrogen-bond donors (Lipinski definition) is 2. The smallest absolute Gasteiger partial charge is 0.254 e. The largest absolute Gasteiger partial charge is 0.497 e. The number of halogens is 2. The third kappa shape index (κ3) is 6.39. The van der Waals surface area contributed by atoms with E-state index in [1.807, 2.05) is 6.07 Å². The molecule has 0 aromatic heterocycles. The van der Waals surface area contributed by atoms with E-state index in [0.29, 0.717) is 29.3 Å². The Morgan fingerprint density at radius 2 is 1.74 bits per heavy atom. The van der Waals surface area contributed by atoms with Gasteiger partial charge in [-0.25, -0.2) is 8.78 Å². The Kier molecular flexibility index (Phi) is 8.40. The molecule has 0 bridgehead atoms. The zero-order chi connectivity index (χ0) is 30.1. The summed E-state index contributed by atoms with van der Waals surface area (Å²) in [5, 5.41) is 5.36. The maximum Gasteiger partial charge on any atom is 0.254 e. The Balaban J connectivity index is 0.929. The molecule has 10 heteroatoms. The lowest BCUT2D eigenvalue weighted by Crippen LogP contribution is -2.55. The Morgan fingerprint density at radius 1 is 1.00 bits per heavy atom. The van der Waals surface area contributed by atoms with Gasteiger partial charge in [-0.15, -0.1) is 0 Å². The molecule has 0 radical (unpaired) electrons. The molecule has 4 fully saturated rings. The van der Waals surface area contributed by atoms with Gasteiger partial charge in [-0.3, -0.25) is 19.7 Å². The van der Waals surface area contributed by atoms with E-state index >= 15 is 4.39 Å². The van der Waals surface area contributed by atoms with E-state index < -0.39 is 11.7 Å². The van der Waals surface area contributed by atoms with Crippen molar-refractivity contribution in [3.8, 4) is 5.75 Å². The lowest BCUT2D eigenvalue weighted by molar-refractivity contribution is -0.134. The summed E-state index contributed by atoms with van der Waals surface area (Å²) in [4.78, 5) is 40.9. The van der Waals surface area contributed by atoms with Crippen molar-refractivity contribution in [2.75, 3.05) is 44.7 Å². The average molecular weight is 595 g/mol. The summed E-state index contributed by atoms with van der Waals surface area (Å²) in [5.41, 5.74) is 1.49. The highest BCUT2D eigenvalue weighted by molar-refractivity contribution is 6.01. The highest BCUT2D eigenvalue weighted by atomic mass is 19.1. The summed E-state index contributed by atoms with van der Waals surface area (Å²) >= 11 is 0. The van der Waals surface area contributed by atoms with Crippen molar-refractivity contribution >= 4 is 23.4 Å². The average Bonchev–Trinajstić information content (AvgIpc) is 2.98. The number of hydrogen-bond acceptors (Lipinski definition) is 6. The molecular formula is C33H40F2N4O4. The van der Waals surface area contributed by atoms with Crippen LogP contribution in [0, 0.1) is 23.0 Å². The van der Waals surface area contributed by atoms with Crippen LogP contribution in [0.3, 0.4) is 0 Å². The van der Waals surface area contributed by atoms with Gasteiger partial charge >= 0.3 is 0 Å². The number of rotatable bonds is 7. The number of methoxy groups -OCH3 is 1. The van der Waals surface area contributed by atoms with Crippen LogP contribution in [-0.2, 0) is 9.59 Å². The molecule has 8 nitrogen and oxygen atoms in total. The maximum atomic E-state index is 15.1. The number of ether oxygens (including phenoxy) is 1. The van der Waals surface area contributed by atoms with Crippen molar-refractivity contribution in [3.05, 3.63) is 59.2 Å². The van der Waals surface area contributed by atoms with Crippen LogP contribution in [-0.4, -0.2) is 68.5 Å². The number of benzene rings is 2. The van der Waals surface area contributed by atoms with Crippen molar-refractivity contribution in [1.29, 1.82) is 0 Å². The molecule has 230 valence electrons. The van der Waals surface area contributed by atoms with Crippen LogP contribution < -0.4 is 20.3 Å². The quantitative estimate of drug-likeness (QED) is 0.463. The van der Waals surface area contributed by atoms with Crippen LogP contribution in [0.15, 0.2) is 36.4 Å². The number of nitrogens with one attached hydrogen (secondary N) is 2. The Labute approximate surface area is 251 Å². The number of likely N-dealkylation sites (tertiary alicyclic amines) is 1. The molecule has 1 spiro atoms. The molecule has 4 aliphatic rings. The van der Waals surface area contributed by atoms with Crippen molar-refractivity contribution < 1.29 is 27.9 Å². The fourth-order valence-electron chi connectivity index (χ4n) is 7.50. The molecule has 3 heterocycles. The summed E-state index contributed by atoms with van der Waals surface area (Å²) < 4.78 is 34.4. The molecule has 2 aromatic rings. The van der Waals surface area contributed by atoms with Crippen LogP contribution in [0.4, 0.5) is 14.5 Å². The van der Waals surface area contributed by atoms with Gasteiger partial charge in [-0.1, -0.05) is 6.07 Å². The van der Waals surface area contributed by atoms with Crippen LogP contribution in [0.5, 0.6) is 5.75 Å². The van der Waals surface area contributed by atoms with E-state index in [2.05, 4.69) is 20.4 Å². The third-order valence-electron chi connectivity index (χ3n) is 10.1. The van der Waals surface area contributed by atoms with Crippen molar-refractivity contribution in [2.24, 2.45) is 11.3 Å². The molecule has 43 heavy (non-hydrogen) atoms. The predicted octanol–water partition coefficient (Wildman–Crippen LogP) is 4.38. The van der Waals surface area contributed by atoms with E-state index in [4.69, 9.17) is 4.74 Å². The van der Waals surface area contributed by atoms with Crippen molar-refractivity contribution in [3.63, 3.8) is 0 Å². The van der Waals surface area contributed by atoms with Gasteiger partial charge in [-0.2, -0.15) is 0 Å². The second-order valence-electron chi connectivity index (χ2n) is 12.9. The van der Waals surface area contributed by atoms with E-state index in [1.54, 1.807) is 6.07 Å². The molecular weight excluding hydrogens is 554 g/mol. The van der Waals surface area contributed by atoms with Crippen molar-refractivity contribution in [2.45, 2.75) is 63.3 Å². The number of piperidine rings is 3. The Hall–Kier alpha value is -3.53. The van der Waals surface area contributed by atoms with Crippen LogP contribution in [0.25, 0.3) is 0 Å². The third-order valence-corrected chi connectivity index (χ3v) is 10.1. The Morgan fingerprint density at radius 3 is 2.42 bits per heavy atom. The lowest BCUT2D eigenvalue weighted by Gasteiger charge is -2.52. The topological polar surface area (TPSA) is 91.0 Å².